The highest BCUT2D eigenvalue weighted by atomic mass is 79.9. The molecule has 0 heterocycles. The van der Waals surface area contributed by atoms with E-state index in [1.54, 1.807) is 0 Å². The second kappa shape index (κ2) is 4.97. The largest absolute Gasteiger partial charge is 0.543 e. The fourth-order valence-electron chi connectivity index (χ4n) is 1.21. The van der Waals surface area contributed by atoms with Crippen LogP contribution in [0.1, 0.15) is 10.4 Å². The van der Waals surface area contributed by atoms with Gasteiger partial charge in [0.2, 0.25) is 8.32 Å². The number of aldehydes is 1. The summed E-state index contributed by atoms with van der Waals surface area (Å²) in [4.78, 5) is 21.0. The molecule has 0 unspecified atom stereocenters. The van der Waals surface area contributed by atoms with Gasteiger partial charge in [-0.2, -0.15) is 0 Å². The Hall–Kier alpha value is -1.21. The SMILES string of the molecule is C[Si](C)(C)Oc1c(Br)cc([N+](=O)[O-])cc1C=O. The third-order valence-electron chi connectivity index (χ3n) is 1.80. The molecule has 7 heteroatoms. The molecule has 1 rings (SSSR count). The van der Waals surface area contributed by atoms with Crippen LogP contribution in [0.15, 0.2) is 16.6 Å². The lowest BCUT2D eigenvalue weighted by molar-refractivity contribution is -0.385. The molecule has 0 aliphatic heterocycles. The normalized spacial score (nSPS) is 11.1. The van der Waals surface area contributed by atoms with Gasteiger partial charge in [-0.3, -0.25) is 14.9 Å². The molecule has 0 fully saturated rings. The highest BCUT2D eigenvalue weighted by Crippen LogP contribution is 2.34. The van der Waals surface area contributed by atoms with Gasteiger partial charge >= 0.3 is 0 Å². The molecule has 0 aliphatic rings. The molecular weight excluding hydrogens is 306 g/mol. The lowest BCUT2D eigenvalue weighted by Crippen LogP contribution is -2.30. The fraction of sp³-hybridized carbons (Fsp3) is 0.300. The Morgan fingerprint density at radius 1 is 1.41 bits per heavy atom. The highest BCUT2D eigenvalue weighted by molar-refractivity contribution is 9.10. The number of rotatable bonds is 4. The lowest BCUT2D eigenvalue weighted by Gasteiger charge is -2.21. The van der Waals surface area contributed by atoms with E-state index in [2.05, 4.69) is 15.9 Å². The number of nitro benzene ring substituents is 1. The number of hydrogen-bond donors (Lipinski definition) is 0. The monoisotopic (exact) mass is 317 g/mol. The molecule has 5 nitrogen and oxygen atoms in total. The van der Waals surface area contributed by atoms with Crippen molar-refractivity contribution in [1.82, 2.24) is 0 Å². The Labute approximate surface area is 108 Å². The Balaban J connectivity index is 3.31. The Morgan fingerprint density at radius 3 is 2.41 bits per heavy atom. The summed E-state index contributed by atoms with van der Waals surface area (Å²) in [6, 6.07) is 2.55. The van der Waals surface area contributed by atoms with Crippen LogP contribution in [-0.2, 0) is 0 Å². The van der Waals surface area contributed by atoms with E-state index >= 15 is 0 Å². The van der Waals surface area contributed by atoms with Gasteiger partial charge in [0.15, 0.2) is 6.29 Å². The van der Waals surface area contributed by atoms with Crippen molar-refractivity contribution in [2.75, 3.05) is 0 Å². The number of non-ortho nitro benzene ring substituents is 1. The molecule has 0 atom stereocenters. The molecule has 0 saturated carbocycles. The summed E-state index contributed by atoms with van der Waals surface area (Å²) in [6.45, 7) is 5.90. The summed E-state index contributed by atoms with van der Waals surface area (Å²) in [5.41, 5.74) is 0.0513. The topological polar surface area (TPSA) is 69.4 Å². The third-order valence-corrected chi connectivity index (χ3v) is 3.21. The summed E-state index contributed by atoms with van der Waals surface area (Å²) < 4.78 is 6.15. The number of nitro groups is 1. The maximum Gasteiger partial charge on any atom is 0.271 e. The highest BCUT2D eigenvalue weighted by Gasteiger charge is 2.22. The molecule has 0 aliphatic carbocycles. The van der Waals surface area contributed by atoms with Crippen molar-refractivity contribution in [2.45, 2.75) is 19.6 Å². The van der Waals surface area contributed by atoms with E-state index in [-0.39, 0.29) is 11.3 Å². The number of carbonyl (C=O) groups excluding carboxylic acids is 1. The minimum Gasteiger partial charge on any atom is -0.543 e. The van der Waals surface area contributed by atoms with Crippen LogP contribution in [0.3, 0.4) is 0 Å². The quantitative estimate of drug-likeness (QED) is 0.369. The first-order valence-electron chi connectivity index (χ1n) is 4.87. The summed E-state index contributed by atoms with van der Waals surface area (Å²) in [6.07, 6.45) is 0.563. The van der Waals surface area contributed by atoms with E-state index < -0.39 is 13.2 Å². The molecule has 0 spiro atoms. The zero-order valence-corrected chi connectivity index (χ0v) is 12.3. The van der Waals surface area contributed by atoms with Crippen LogP contribution < -0.4 is 4.43 Å². The minimum atomic E-state index is -1.88. The molecule has 92 valence electrons. The average molecular weight is 318 g/mol. The van der Waals surface area contributed by atoms with Gasteiger partial charge in [0, 0.05) is 12.1 Å². The molecule has 17 heavy (non-hydrogen) atoms. The van der Waals surface area contributed by atoms with Gasteiger partial charge in [-0.1, -0.05) is 0 Å². The standard InChI is InChI=1S/C10H12BrNO4Si/c1-17(2,3)16-10-7(6-13)4-8(12(14)15)5-9(10)11/h4-6H,1-3H3. The predicted octanol–water partition coefficient (Wildman–Crippen LogP) is 3.38. The molecule has 0 bridgehead atoms. The van der Waals surface area contributed by atoms with Gasteiger partial charge in [-0.25, -0.2) is 0 Å². The van der Waals surface area contributed by atoms with Crippen LogP contribution >= 0.6 is 15.9 Å². The fourth-order valence-corrected chi connectivity index (χ4v) is 2.74. The minimum absolute atomic E-state index is 0.137. The van der Waals surface area contributed by atoms with E-state index in [1.807, 2.05) is 19.6 Å². The molecule has 1 aromatic rings. The summed E-state index contributed by atoms with van der Waals surface area (Å²) in [5, 5.41) is 10.7. The molecule has 0 aromatic heterocycles. The van der Waals surface area contributed by atoms with Gasteiger partial charge in [-0.15, -0.1) is 0 Å². The van der Waals surface area contributed by atoms with Crippen LogP contribution in [0.25, 0.3) is 0 Å². The van der Waals surface area contributed by atoms with Crippen molar-refractivity contribution >= 4 is 36.2 Å². The second-order valence-electron chi connectivity index (χ2n) is 4.44. The summed E-state index contributed by atoms with van der Waals surface area (Å²) in [5.74, 6) is 0.379. The second-order valence-corrected chi connectivity index (χ2v) is 9.72. The molecule has 0 N–H and O–H groups in total. The van der Waals surface area contributed by atoms with Gasteiger partial charge in [0.1, 0.15) is 5.75 Å². The van der Waals surface area contributed by atoms with Gasteiger partial charge in [0.05, 0.1) is 15.0 Å². The van der Waals surface area contributed by atoms with Gasteiger partial charge < -0.3 is 4.43 Å². The molecule has 0 saturated heterocycles. The third kappa shape index (κ3) is 3.64. The first-order chi connectivity index (χ1) is 7.74. The zero-order chi connectivity index (χ0) is 13.2. The predicted molar refractivity (Wildman–Crippen MR) is 70.2 cm³/mol. The van der Waals surface area contributed by atoms with E-state index in [9.17, 15) is 14.9 Å². The van der Waals surface area contributed by atoms with Crippen LogP contribution in [0.5, 0.6) is 5.75 Å². The van der Waals surface area contributed by atoms with Gasteiger partial charge in [0.25, 0.3) is 5.69 Å². The molecular formula is C10H12BrNO4Si. The number of benzene rings is 1. The van der Waals surface area contributed by atoms with Crippen molar-refractivity contribution in [3.05, 3.63) is 32.3 Å². The Bertz CT molecular complexity index is 470. The van der Waals surface area contributed by atoms with E-state index in [4.69, 9.17) is 4.43 Å². The number of carbonyl (C=O) groups is 1. The molecule has 0 radical (unpaired) electrons. The maximum atomic E-state index is 10.9. The van der Waals surface area contributed by atoms with Crippen LogP contribution in [0.4, 0.5) is 5.69 Å². The van der Waals surface area contributed by atoms with E-state index in [0.29, 0.717) is 16.5 Å². The Kier molecular flexibility index (Phi) is 4.05. The lowest BCUT2D eigenvalue weighted by atomic mass is 10.2. The maximum absolute atomic E-state index is 10.9. The van der Waals surface area contributed by atoms with Crippen molar-refractivity contribution in [3.63, 3.8) is 0 Å². The first kappa shape index (κ1) is 13.9. The smallest absolute Gasteiger partial charge is 0.271 e. The number of halogens is 1. The van der Waals surface area contributed by atoms with Crippen LogP contribution in [-0.4, -0.2) is 19.5 Å². The average Bonchev–Trinajstić information content (AvgIpc) is 2.18. The van der Waals surface area contributed by atoms with Crippen LogP contribution in [0, 0.1) is 10.1 Å². The molecule has 0 amide bonds. The van der Waals surface area contributed by atoms with E-state index in [0.717, 1.165) is 0 Å². The van der Waals surface area contributed by atoms with Crippen molar-refractivity contribution in [1.29, 1.82) is 0 Å². The van der Waals surface area contributed by atoms with Crippen molar-refractivity contribution in [3.8, 4) is 5.75 Å². The summed E-state index contributed by atoms with van der Waals surface area (Å²) in [7, 11) is -1.88. The zero-order valence-electron chi connectivity index (χ0n) is 9.69. The van der Waals surface area contributed by atoms with Crippen molar-refractivity contribution < 1.29 is 14.1 Å². The summed E-state index contributed by atoms with van der Waals surface area (Å²) >= 11 is 3.19. The molecule has 1 aromatic carbocycles. The van der Waals surface area contributed by atoms with Crippen LogP contribution in [0.2, 0.25) is 19.6 Å². The van der Waals surface area contributed by atoms with Crippen molar-refractivity contribution in [2.24, 2.45) is 0 Å². The number of hydrogen-bond acceptors (Lipinski definition) is 4. The first-order valence-corrected chi connectivity index (χ1v) is 9.07. The van der Waals surface area contributed by atoms with E-state index in [1.165, 1.54) is 12.1 Å². The van der Waals surface area contributed by atoms with Gasteiger partial charge in [-0.05, 0) is 35.6 Å². The Morgan fingerprint density at radius 2 is 2.00 bits per heavy atom. The number of nitrogens with zero attached hydrogens (tertiary/aromatic N) is 1.